The number of para-hydroxylation sites is 1. The van der Waals surface area contributed by atoms with Crippen LogP contribution in [0.25, 0.3) is 16.7 Å². The highest BCUT2D eigenvalue weighted by Gasteiger charge is 2.17. The van der Waals surface area contributed by atoms with Gasteiger partial charge in [-0.1, -0.05) is 61.5 Å². The molecular formula is C20H19ClN4OS. The number of thioether (sulfide) groups is 1. The summed E-state index contributed by atoms with van der Waals surface area (Å²) in [6, 6.07) is 15.4. The first kappa shape index (κ1) is 18.1. The number of rotatable bonds is 5. The van der Waals surface area contributed by atoms with Gasteiger partial charge in [0.05, 0.1) is 10.9 Å². The molecule has 2 heterocycles. The van der Waals surface area contributed by atoms with Gasteiger partial charge in [0.2, 0.25) is 5.78 Å². The van der Waals surface area contributed by atoms with Crippen LogP contribution in [0.4, 0.5) is 0 Å². The van der Waals surface area contributed by atoms with Crippen LogP contribution in [0.1, 0.15) is 19.4 Å². The van der Waals surface area contributed by atoms with Gasteiger partial charge in [0.15, 0.2) is 5.16 Å². The fourth-order valence-corrected chi connectivity index (χ4v) is 4.11. The molecule has 138 valence electrons. The molecule has 2 aromatic carbocycles. The molecule has 0 spiro atoms. The Morgan fingerprint density at radius 3 is 2.56 bits per heavy atom. The van der Waals surface area contributed by atoms with Gasteiger partial charge in [-0.15, -0.1) is 10.2 Å². The number of fused-ring (bicyclic) bond motifs is 3. The third-order valence-electron chi connectivity index (χ3n) is 4.31. The van der Waals surface area contributed by atoms with Crippen LogP contribution in [-0.2, 0) is 12.3 Å². The summed E-state index contributed by atoms with van der Waals surface area (Å²) in [6.07, 6.45) is 0. The molecule has 0 bridgehead atoms. The van der Waals surface area contributed by atoms with Gasteiger partial charge in [-0.05, 0) is 35.7 Å². The number of hydrogen-bond donors (Lipinski definition) is 0. The molecule has 0 aliphatic heterocycles. The molecule has 0 atom stereocenters. The molecule has 0 amide bonds. The van der Waals surface area contributed by atoms with E-state index in [4.69, 9.17) is 11.6 Å². The first-order valence-electron chi connectivity index (χ1n) is 8.78. The SMILES string of the molecule is CC(C)Cn1c(=O)c2ccccc2n2c(SCc3ccc(Cl)cc3)nnc12. The average Bonchev–Trinajstić information content (AvgIpc) is 3.08. The quantitative estimate of drug-likeness (QED) is 0.459. The van der Waals surface area contributed by atoms with Crippen molar-refractivity contribution in [2.45, 2.75) is 31.3 Å². The van der Waals surface area contributed by atoms with Gasteiger partial charge in [0.25, 0.3) is 5.56 Å². The first-order chi connectivity index (χ1) is 13.0. The van der Waals surface area contributed by atoms with Gasteiger partial charge in [-0.25, -0.2) is 0 Å². The summed E-state index contributed by atoms with van der Waals surface area (Å²) in [5, 5.41) is 10.9. The molecule has 0 saturated carbocycles. The molecule has 0 radical (unpaired) electrons. The highest BCUT2D eigenvalue weighted by molar-refractivity contribution is 7.98. The molecule has 0 saturated heterocycles. The molecule has 4 aromatic rings. The summed E-state index contributed by atoms with van der Waals surface area (Å²) in [5.74, 6) is 1.66. The van der Waals surface area contributed by atoms with Crippen molar-refractivity contribution in [3.63, 3.8) is 0 Å². The predicted octanol–water partition coefficient (Wildman–Crippen LogP) is 4.65. The van der Waals surface area contributed by atoms with Crippen molar-refractivity contribution in [2.75, 3.05) is 0 Å². The smallest absolute Gasteiger partial charge is 0.262 e. The lowest BCUT2D eigenvalue weighted by atomic mass is 10.2. The fraction of sp³-hybridized carbons (Fsp3) is 0.250. The highest BCUT2D eigenvalue weighted by atomic mass is 35.5. The Morgan fingerprint density at radius 2 is 1.81 bits per heavy atom. The van der Waals surface area contributed by atoms with Gasteiger partial charge in [-0.3, -0.25) is 13.8 Å². The largest absolute Gasteiger partial charge is 0.276 e. The van der Waals surface area contributed by atoms with Crippen LogP contribution in [0.5, 0.6) is 0 Å². The van der Waals surface area contributed by atoms with Gasteiger partial charge in [-0.2, -0.15) is 0 Å². The first-order valence-corrected chi connectivity index (χ1v) is 10.1. The van der Waals surface area contributed by atoms with Crippen LogP contribution < -0.4 is 5.56 Å². The minimum atomic E-state index is -0.0200. The summed E-state index contributed by atoms with van der Waals surface area (Å²) in [5.41, 5.74) is 1.97. The van der Waals surface area contributed by atoms with E-state index in [0.717, 1.165) is 27.0 Å². The molecule has 0 fully saturated rings. The van der Waals surface area contributed by atoms with E-state index in [1.807, 2.05) is 52.9 Å². The van der Waals surface area contributed by atoms with Crippen molar-refractivity contribution in [1.29, 1.82) is 0 Å². The number of hydrogen-bond acceptors (Lipinski definition) is 4. The monoisotopic (exact) mass is 398 g/mol. The van der Waals surface area contributed by atoms with Crippen LogP contribution >= 0.6 is 23.4 Å². The van der Waals surface area contributed by atoms with Gasteiger partial charge in [0, 0.05) is 17.3 Å². The van der Waals surface area contributed by atoms with Crippen LogP contribution in [-0.4, -0.2) is 19.2 Å². The van der Waals surface area contributed by atoms with Crippen molar-refractivity contribution in [2.24, 2.45) is 5.92 Å². The number of nitrogens with zero attached hydrogens (tertiary/aromatic N) is 4. The second-order valence-electron chi connectivity index (χ2n) is 6.86. The third-order valence-corrected chi connectivity index (χ3v) is 5.56. The number of halogens is 1. The van der Waals surface area contributed by atoms with Crippen LogP contribution in [0, 0.1) is 5.92 Å². The zero-order valence-corrected chi connectivity index (χ0v) is 16.7. The maximum atomic E-state index is 13.0. The third kappa shape index (κ3) is 3.47. The van der Waals surface area contributed by atoms with E-state index in [1.165, 1.54) is 0 Å². The van der Waals surface area contributed by atoms with Gasteiger partial charge >= 0.3 is 0 Å². The van der Waals surface area contributed by atoms with Gasteiger partial charge < -0.3 is 0 Å². The Labute approximate surface area is 166 Å². The standard InChI is InChI=1S/C20H19ClN4OS/c1-13(2)11-24-18(26)16-5-3-4-6-17(16)25-19(24)22-23-20(25)27-12-14-7-9-15(21)10-8-14/h3-10,13H,11-12H2,1-2H3. The maximum Gasteiger partial charge on any atom is 0.262 e. The summed E-state index contributed by atoms with van der Waals surface area (Å²) in [7, 11) is 0. The molecular weight excluding hydrogens is 380 g/mol. The van der Waals surface area contributed by atoms with E-state index in [-0.39, 0.29) is 5.56 Å². The van der Waals surface area contributed by atoms with E-state index in [1.54, 1.807) is 16.3 Å². The van der Waals surface area contributed by atoms with E-state index >= 15 is 0 Å². The molecule has 5 nitrogen and oxygen atoms in total. The highest BCUT2D eigenvalue weighted by Crippen LogP contribution is 2.25. The summed E-state index contributed by atoms with van der Waals surface area (Å²) in [6.45, 7) is 4.78. The van der Waals surface area contributed by atoms with Crippen LogP contribution in [0.15, 0.2) is 58.5 Å². The van der Waals surface area contributed by atoms with E-state index in [9.17, 15) is 4.79 Å². The molecule has 0 aliphatic carbocycles. The molecule has 0 aliphatic rings. The molecule has 0 N–H and O–H groups in total. The summed E-state index contributed by atoms with van der Waals surface area (Å²) >= 11 is 7.56. The molecule has 2 aromatic heterocycles. The van der Waals surface area contributed by atoms with Crippen molar-refractivity contribution >= 4 is 40.0 Å². The molecule has 0 unspecified atom stereocenters. The number of aromatic nitrogens is 4. The Kier molecular flexibility index (Phi) is 4.93. The minimum absolute atomic E-state index is 0.0200. The lowest BCUT2D eigenvalue weighted by Crippen LogP contribution is -2.25. The predicted molar refractivity (Wildman–Crippen MR) is 111 cm³/mol. The molecule has 27 heavy (non-hydrogen) atoms. The Hall–Kier alpha value is -2.31. The van der Waals surface area contributed by atoms with Crippen molar-refractivity contribution in [3.05, 3.63) is 69.5 Å². The molecule has 7 heteroatoms. The normalized spacial score (nSPS) is 11.7. The summed E-state index contributed by atoms with van der Waals surface area (Å²) < 4.78 is 3.71. The second kappa shape index (κ2) is 7.37. The topological polar surface area (TPSA) is 52.2 Å². The Morgan fingerprint density at radius 1 is 1.07 bits per heavy atom. The second-order valence-corrected chi connectivity index (χ2v) is 8.24. The summed E-state index contributed by atoms with van der Waals surface area (Å²) in [4.78, 5) is 13.0. The maximum absolute atomic E-state index is 13.0. The number of benzene rings is 2. The van der Waals surface area contributed by atoms with Crippen molar-refractivity contribution in [3.8, 4) is 0 Å². The van der Waals surface area contributed by atoms with E-state index in [2.05, 4.69) is 24.0 Å². The van der Waals surface area contributed by atoms with Crippen molar-refractivity contribution < 1.29 is 0 Å². The van der Waals surface area contributed by atoms with Crippen LogP contribution in [0.3, 0.4) is 0 Å². The fourth-order valence-electron chi connectivity index (χ4n) is 3.09. The zero-order valence-electron chi connectivity index (χ0n) is 15.1. The van der Waals surface area contributed by atoms with E-state index in [0.29, 0.717) is 23.6 Å². The van der Waals surface area contributed by atoms with Crippen LogP contribution in [0.2, 0.25) is 5.02 Å². The minimum Gasteiger partial charge on any atom is -0.276 e. The Bertz CT molecular complexity index is 1160. The lowest BCUT2D eigenvalue weighted by Gasteiger charge is -2.12. The average molecular weight is 399 g/mol. The van der Waals surface area contributed by atoms with E-state index < -0.39 is 0 Å². The Balaban J connectivity index is 1.83. The molecule has 4 rings (SSSR count). The zero-order chi connectivity index (χ0) is 19.0. The lowest BCUT2D eigenvalue weighted by molar-refractivity contribution is 0.517. The van der Waals surface area contributed by atoms with Gasteiger partial charge in [0.1, 0.15) is 0 Å². The van der Waals surface area contributed by atoms with Crippen molar-refractivity contribution in [1.82, 2.24) is 19.2 Å².